The van der Waals surface area contributed by atoms with Crippen LogP contribution in [0, 0.1) is 0 Å². The van der Waals surface area contributed by atoms with Crippen LogP contribution >= 0.6 is 15.9 Å². The first-order valence-electron chi connectivity index (χ1n) is 6.29. The minimum absolute atomic E-state index is 0.618. The third-order valence-corrected chi connectivity index (χ3v) is 4.89. The predicted molar refractivity (Wildman–Crippen MR) is 81.6 cm³/mol. The lowest BCUT2D eigenvalue weighted by molar-refractivity contribution is 0.672. The first-order chi connectivity index (χ1) is 8.70. The molecule has 0 spiro atoms. The van der Waals surface area contributed by atoms with Crippen molar-refractivity contribution in [2.24, 2.45) is 0 Å². The largest absolute Gasteiger partial charge is 0.369 e. The van der Waals surface area contributed by atoms with Crippen LogP contribution in [0.25, 0.3) is 0 Å². The molecule has 0 saturated carbocycles. The lowest BCUT2D eigenvalue weighted by atomic mass is 10.1. The van der Waals surface area contributed by atoms with E-state index in [1.807, 2.05) is 0 Å². The Labute approximate surface area is 120 Å². The maximum Gasteiger partial charge on any atom is 0.0413 e. The van der Waals surface area contributed by atoms with Crippen LogP contribution in [0.2, 0.25) is 0 Å². The molecule has 1 heterocycles. The monoisotopic (exact) mass is 330 g/mol. The molecule has 18 heavy (non-hydrogen) atoms. The number of anilines is 1. The lowest BCUT2D eigenvalue weighted by Gasteiger charge is -2.30. The first-order valence-corrected chi connectivity index (χ1v) is 8.58. The van der Waals surface area contributed by atoms with Gasteiger partial charge in [-0.3, -0.25) is 4.21 Å². The fourth-order valence-electron chi connectivity index (χ4n) is 2.14. The zero-order chi connectivity index (χ0) is 13.0. The van der Waals surface area contributed by atoms with E-state index in [0.29, 0.717) is 0 Å². The minimum Gasteiger partial charge on any atom is -0.369 e. The Morgan fingerprint density at radius 2 is 2.11 bits per heavy atom. The Hall–Kier alpha value is -0.390. The van der Waals surface area contributed by atoms with Gasteiger partial charge in [0.05, 0.1) is 0 Å². The summed E-state index contributed by atoms with van der Waals surface area (Å²) in [5.74, 6) is 1.58. The number of nitrogens with one attached hydrogen (secondary N) is 1. The number of benzene rings is 1. The summed E-state index contributed by atoms with van der Waals surface area (Å²) >= 11 is 3.53. The van der Waals surface area contributed by atoms with E-state index in [9.17, 15) is 4.21 Å². The average Bonchev–Trinajstić information content (AvgIpc) is 2.38. The molecule has 0 atom stereocenters. The summed E-state index contributed by atoms with van der Waals surface area (Å²) in [6.07, 6.45) is 0. The summed E-state index contributed by atoms with van der Waals surface area (Å²) in [4.78, 5) is 2.35. The Morgan fingerprint density at radius 1 is 1.39 bits per heavy atom. The van der Waals surface area contributed by atoms with Crippen molar-refractivity contribution in [3.05, 3.63) is 28.2 Å². The van der Waals surface area contributed by atoms with Gasteiger partial charge in [-0.05, 0) is 30.3 Å². The van der Waals surface area contributed by atoms with Gasteiger partial charge in [-0.25, -0.2) is 0 Å². The Kier molecular flexibility index (Phi) is 5.21. The van der Waals surface area contributed by atoms with E-state index in [2.05, 4.69) is 51.3 Å². The third kappa shape index (κ3) is 3.56. The number of hydrogen-bond acceptors (Lipinski definition) is 3. The molecular formula is C13H19BrN2OS. The van der Waals surface area contributed by atoms with Gasteiger partial charge < -0.3 is 10.2 Å². The van der Waals surface area contributed by atoms with Crippen molar-refractivity contribution in [2.45, 2.75) is 13.5 Å². The fourth-order valence-corrected chi connectivity index (χ4v) is 3.60. The normalized spacial score (nSPS) is 17.1. The van der Waals surface area contributed by atoms with Gasteiger partial charge in [-0.2, -0.15) is 0 Å². The van der Waals surface area contributed by atoms with Crippen LogP contribution in [-0.2, 0) is 17.3 Å². The Bertz CT molecular complexity index is 429. The molecule has 0 aliphatic carbocycles. The van der Waals surface area contributed by atoms with E-state index < -0.39 is 10.8 Å². The summed E-state index contributed by atoms with van der Waals surface area (Å²) in [6.45, 7) is 5.75. The van der Waals surface area contributed by atoms with Crippen LogP contribution in [0.15, 0.2) is 22.7 Å². The molecule has 0 aromatic heterocycles. The van der Waals surface area contributed by atoms with Crippen LogP contribution in [-0.4, -0.2) is 35.3 Å². The highest BCUT2D eigenvalue weighted by atomic mass is 79.9. The van der Waals surface area contributed by atoms with E-state index in [4.69, 9.17) is 0 Å². The maximum atomic E-state index is 11.4. The van der Waals surface area contributed by atoms with Crippen molar-refractivity contribution in [3.8, 4) is 0 Å². The molecule has 5 heteroatoms. The van der Waals surface area contributed by atoms with E-state index in [1.54, 1.807) is 0 Å². The van der Waals surface area contributed by atoms with Gasteiger partial charge in [0.1, 0.15) is 0 Å². The van der Waals surface area contributed by atoms with Gasteiger partial charge in [-0.15, -0.1) is 0 Å². The van der Waals surface area contributed by atoms with Crippen LogP contribution < -0.4 is 10.2 Å². The molecule has 3 nitrogen and oxygen atoms in total. The second kappa shape index (κ2) is 6.68. The second-order valence-electron chi connectivity index (χ2n) is 4.39. The van der Waals surface area contributed by atoms with Crippen LogP contribution in [0.4, 0.5) is 5.69 Å². The van der Waals surface area contributed by atoms with E-state index in [0.717, 1.165) is 42.2 Å². The number of hydrogen-bond donors (Lipinski definition) is 1. The number of rotatable bonds is 4. The van der Waals surface area contributed by atoms with Crippen molar-refractivity contribution >= 4 is 32.4 Å². The first kappa shape index (κ1) is 14.0. The van der Waals surface area contributed by atoms with Crippen molar-refractivity contribution in [2.75, 3.05) is 36.0 Å². The standard InChI is InChI=1S/C13H19BrN2OS/c1-2-15-10-11-9-12(14)3-4-13(11)16-5-7-18(17)8-6-16/h3-4,9,15H,2,5-8,10H2,1H3. The molecule has 0 unspecified atom stereocenters. The van der Waals surface area contributed by atoms with Gasteiger partial charge >= 0.3 is 0 Å². The topological polar surface area (TPSA) is 32.3 Å². The van der Waals surface area contributed by atoms with Gasteiger partial charge in [0, 0.05) is 52.1 Å². The summed E-state index contributed by atoms with van der Waals surface area (Å²) in [6, 6.07) is 6.41. The quantitative estimate of drug-likeness (QED) is 0.917. The highest BCUT2D eigenvalue weighted by Gasteiger charge is 2.17. The zero-order valence-corrected chi connectivity index (χ0v) is 13.0. The van der Waals surface area contributed by atoms with E-state index >= 15 is 0 Å². The predicted octanol–water partition coefficient (Wildman–Crippen LogP) is 2.13. The van der Waals surface area contributed by atoms with E-state index in [1.165, 1.54) is 11.3 Å². The van der Waals surface area contributed by atoms with Crippen LogP contribution in [0.1, 0.15) is 12.5 Å². The number of nitrogens with zero attached hydrogens (tertiary/aromatic N) is 1. The van der Waals surface area contributed by atoms with Crippen LogP contribution in [0.3, 0.4) is 0 Å². The van der Waals surface area contributed by atoms with Gasteiger partial charge in [0.25, 0.3) is 0 Å². The Morgan fingerprint density at radius 3 is 2.78 bits per heavy atom. The third-order valence-electron chi connectivity index (χ3n) is 3.13. The minimum atomic E-state index is -0.618. The molecule has 1 N–H and O–H groups in total. The molecule has 100 valence electrons. The van der Waals surface area contributed by atoms with E-state index in [-0.39, 0.29) is 0 Å². The van der Waals surface area contributed by atoms with Crippen molar-refractivity contribution in [3.63, 3.8) is 0 Å². The molecule has 1 fully saturated rings. The lowest BCUT2D eigenvalue weighted by Crippen LogP contribution is -2.38. The SMILES string of the molecule is CCNCc1cc(Br)ccc1N1CCS(=O)CC1. The highest BCUT2D eigenvalue weighted by molar-refractivity contribution is 9.10. The van der Waals surface area contributed by atoms with Crippen molar-refractivity contribution in [1.82, 2.24) is 5.32 Å². The fraction of sp³-hybridized carbons (Fsp3) is 0.538. The molecule has 0 radical (unpaired) electrons. The van der Waals surface area contributed by atoms with Gasteiger partial charge in [0.15, 0.2) is 0 Å². The smallest absolute Gasteiger partial charge is 0.0413 e. The van der Waals surface area contributed by atoms with Crippen molar-refractivity contribution < 1.29 is 4.21 Å². The summed E-state index contributed by atoms with van der Waals surface area (Å²) < 4.78 is 12.5. The van der Waals surface area contributed by atoms with Gasteiger partial charge in [-0.1, -0.05) is 22.9 Å². The van der Waals surface area contributed by atoms with Gasteiger partial charge in [0.2, 0.25) is 0 Å². The summed E-state index contributed by atoms with van der Waals surface area (Å²) in [5.41, 5.74) is 2.58. The molecule has 1 aromatic carbocycles. The van der Waals surface area contributed by atoms with Crippen LogP contribution in [0.5, 0.6) is 0 Å². The van der Waals surface area contributed by atoms with Crippen molar-refractivity contribution in [1.29, 1.82) is 0 Å². The maximum absolute atomic E-state index is 11.4. The molecule has 1 aromatic rings. The molecule has 1 saturated heterocycles. The highest BCUT2D eigenvalue weighted by Crippen LogP contribution is 2.25. The molecule has 1 aliphatic heterocycles. The summed E-state index contributed by atoms with van der Waals surface area (Å²) in [5, 5.41) is 3.37. The molecule has 0 amide bonds. The second-order valence-corrected chi connectivity index (χ2v) is 7.00. The molecular weight excluding hydrogens is 312 g/mol. The average molecular weight is 331 g/mol. The number of halogens is 1. The summed E-state index contributed by atoms with van der Waals surface area (Å²) in [7, 11) is -0.618. The molecule has 1 aliphatic rings. The molecule has 0 bridgehead atoms. The zero-order valence-electron chi connectivity index (χ0n) is 10.6. The Balaban J connectivity index is 2.17. The molecule has 2 rings (SSSR count).